The molecular formula is C19H22BrClN2OS. The molecule has 3 nitrogen and oxygen atoms in total. The number of hydrogen-bond donors (Lipinski definition) is 1. The van der Waals surface area contributed by atoms with E-state index in [1.54, 1.807) is 11.3 Å². The first-order chi connectivity index (χ1) is 11.7. The summed E-state index contributed by atoms with van der Waals surface area (Å²) < 4.78 is 1.75. The molecule has 2 aromatic rings. The highest BCUT2D eigenvalue weighted by molar-refractivity contribution is 9.10. The van der Waals surface area contributed by atoms with Crippen molar-refractivity contribution < 1.29 is 4.79 Å². The van der Waals surface area contributed by atoms with Crippen molar-refractivity contribution in [3.05, 3.63) is 43.5 Å². The van der Waals surface area contributed by atoms with Gasteiger partial charge in [0, 0.05) is 28.0 Å². The normalized spacial score (nSPS) is 13.9. The molecule has 1 aromatic carbocycles. The number of anilines is 2. The van der Waals surface area contributed by atoms with Crippen LogP contribution in [0.25, 0.3) is 0 Å². The zero-order valence-corrected chi connectivity index (χ0v) is 17.8. The van der Waals surface area contributed by atoms with E-state index in [2.05, 4.69) is 65.1 Å². The molecule has 1 aliphatic rings. The Morgan fingerprint density at radius 3 is 2.76 bits per heavy atom. The van der Waals surface area contributed by atoms with Crippen LogP contribution in [0.5, 0.6) is 0 Å². The molecule has 0 atom stereocenters. The molecule has 0 radical (unpaired) electrons. The van der Waals surface area contributed by atoms with Gasteiger partial charge in [-0.3, -0.25) is 4.79 Å². The van der Waals surface area contributed by atoms with Gasteiger partial charge < -0.3 is 10.2 Å². The predicted octanol–water partition coefficient (Wildman–Crippen LogP) is 6.10. The van der Waals surface area contributed by atoms with E-state index >= 15 is 0 Å². The Balaban J connectivity index is 1.75. The summed E-state index contributed by atoms with van der Waals surface area (Å²) in [5.74, 6) is 0.0521. The lowest BCUT2D eigenvalue weighted by molar-refractivity contribution is -0.117. The summed E-state index contributed by atoms with van der Waals surface area (Å²) in [4.78, 5) is 15.9. The van der Waals surface area contributed by atoms with Crippen LogP contribution in [0.3, 0.4) is 0 Å². The summed E-state index contributed by atoms with van der Waals surface area (Å²) >= 11 is 11.3. The number of nitrogens with one attached hydrogen (secondary N) is 1. The van der Waals surface area contributed by atoms with E-state index in [0.29, 0.717) is 6.42 Å². The minimum Gasteiger partial charge on any atom is -0.366 e. The van der Waals surface area contributed by atoms with Gasteiger partial charge in [-0.05, 0) is 57.6 Å². The molecule has 0 spiro atoms. The molecule has 2 heterocycles. The largest absolute Gasteiger partial charge is 0.366 e. The van der Waals surface area contributed by atoms with E-state index in [0.717, 1.165) is 34.0 Å². The number of carbonyl (C=O) groups is 1. The first-order valence-electron chi connectivity index (χ1n) is 8.33. The summed E-state index contributed by atoms with van der Waals surface area (Å²) in [5, 5.41) is 3.04. The molecule has 0 bridgehead atoms. The third-order valence-electron chi connectivity index (χ3n) is 4.10. The van der Waals surface area contributed by atoms with Crippen molar-refractivity contribution in [3.63, 3.8) is 0 Å². The van der Waals surface area contributed by atoms with Gasteiger partial charge in [-0.25, -0.2) is 0 Å². The Morgan fingerprint density at radius 1 is 1.36 bits per heavy atom. The summed E-state index contributed by atoms with van der Waals surface area (Å²) in [7, 11) is 0. The highest BCUT2D eigenvalue weighted by Gasteiger charge is 2.23. The average Bonchev–Trinajstić information content (AvgIpc) is 3.05. The number of hydrogen-bond acceptors (Lipinski definition) is 3. The van der Waals surface area contributed by atoms with E-state index in [4.69, 9.17) is 11.6 Å². The zero-order chi connectivity index (χ0) is 18.2. The molecule has 1 N–H and O–H groups in total. The van der Waals surface area contributed by atoms with Crippen LogP contribution in [0.15, 0.2) is 28.7 Å². The lowest BCUT2D eigenvalue weighted by atomic mass is 9.92. The minimum atomic E-state index is -0.0218. The lowest BCUT2D eigenvalue weighted by Gasteiger charge is -2.20. The van der Waals surface area contributed by atoms with Gasteiger partial charge in [0.25, 0.3) is 0 Å². The maximum absolute atomic E-state index is 12.2. The molecule has 0 unspecified atom stereocenters. The van der Waals surface area contributed by atoms with Gasteiger partial charge in [0.1, 0.15) is 0 Å². The van der Waals surface area contributed by atoms with E-state index < -0.39 is 0 Å². The molecule has 3 rings (SSSR count). The van der Waals surface area contributed by atoms with Crippen LogP contribution in [0.4, 0.5) is 11.4 Å². The van der Waals surface area contributed by atoms with E-state index in [1.165, 1.54) is 16.1 Å². The van der Waals surface area contributed by atoms with Crippen molar-refractivity contribution in [1.82, 2.24) is 0 Å². The zero-order valence-electron chi connectivity index (χ0n) is 14.7. The summed E-state index contributed by atoms with van der Waals surface area (Å²) in [6, 6.07) is 8.25. The second kappa shape index (κ2) is 7.29. The summed E-state index contributed by atoms with van der Waals surface area (Å²) in [5.41, 5.74) is 3.34. The number of halogens is 2. The number of thiophene rings is 1. The highest BCUT2D eigenvalue weighted by Crippen LogP contribution is 2.37. The second-order valence-corrected chi connectivity index (χ2v) is 10.3. The van der Waals surface area contributed by atoms with Crippen molar-refractivity contribution in [2.75, 3.05) is 16.8 Å². The first kappa shape index (κ1) is 18.7. The van der Waals surface area contributed by atoms with Crippen molar-refractivity contribution >= 4 is 56.1 Å². The third kappa shape index (κ3) is 4.78. The Hall–Kier alpha value is -1.04. The highest BCUT2D eigenvalue weighted by atomic mass is 79.9. The first-order valence-corrected chi connectivity index (χ1v) is 10.3. The number of nitrogens with zero attached hydrogens (tertiary/aromatic N) is 1. The second-order valence-electron chi connectivity index (χ2n) is 7.62. The number of benzene rings is 1. The van der Waals surface area contributed by atoms with Crippen LogP contribution in [-0.4, -0.2) is 12.5 Å². The number of rotatable bonds is 4. The van der Waals surface area contributed by atoms with Crippen LogP contribution in [-0.2, 0) is 17.8 Å². The Bertz CT molecular complexity index is 797. The SMILES string of the molecule is CC(C)(C)CC(=O)Nc1cc2c(cc1Br)N(Cc1ccc(Cl)s1)CC2. The molecule has 1 aliphatic heterocycles. The fourth-order valence-electron chi connectivity index (χ4n) is 3.04. The molecule has 1 aromatic heterocycles. The fraction of sp³-hybridized carbons (Fsp3) is 0.421. The molecular weight excluding hydrogens is 420 g/mol. The molecule has 0 saturated carbocycles. The molecule has 25 heavy (non-hydrogen) atoms. The summed E-state index contributed by atoms with van der Waals surface area (Å²) in [6.45, 7) is 8.06. The minimum absolute atomic E-state index is 0.0218. The van der Waals surface area contributed by atoms with Crippen LogP contribution in [0.1, 0.15) is 37.6 Å². The monoisotopic (exact) mass is 440 g/mol. The average molecular weight is 442 g/mol. The van der Waals surface area contributed by atoms with Crippen molar-refractivity contribution in [2.45, 2.75) is 40.2 Å². The fourth-order valence-corrected chi connectivity index (χ4v) is 4.57. The van der Waals surface area contributed by atoms with Gasteiger partial charge in [0.2, 0.25) is 5.91 Å². The van der Waals surface area contributed by atoms with E-state index in [1.807, 2.05) is 6.07 Å². The van der Waals surface area contributed by atoms with E-state index in [-0.39, 0.29) is 11.3 Å². The number of carbonyl (C=O) groups excluding carboxylic acids is 1. The smallest absolute Gasteiger partial charge is 0.224 e. The topological polar surface area (TPSA) is 32.3 Å². The Labute approximate surface area is 166 Å². The van der Waals surface area contributed by atoms with Gasteiger partial charge in [-0.15, -0.1) is 11.3 Å². The van der Waals surface area contributed by atoms with Crippen molar-refractivity contribution in [1.29, 1.82) is 0 Å². The molecule has 134 valence electrons. The molecule has 6 heteroatoms. The quantitative estimate of drug-likeness (QED) is 0.621. The third-order valence-corrected chi connectivity index (χ3v) is 5.97. The number of fused-ring (bicyclic) bond motifs is 1. The Kier molecular flexibility index (Phi) is 5.47. The van der Waals surface area contributed by atoms with E-state index in [9.17, 15) is 4.79 Å². The maximum Gasteiger partial charge on any atom is 0.224 e. The van der Waals surface area contributed by atoms with Gasteiger partial charge in [-0.1, -0.05) is 32.4 Å². The molecule has 1 amide bonds. The van der Waals surface area contributed by atoms with Crippen LogP contribution in [0, 0.1) is 5.41 Å². The maximum atomic E-state index is 12.2. The Morgan fingerprint density at radius 2 is 2.12 bits per heavy atom. The van der Waals surface area contributed by atoms with Gasteiger partial charge in [0.05, 0.1) is 16.6 Å². The van der Waals surface area contributed by atoms with Crippen molar-refractivity contribution in [2.24, 2.45) is 5.41 Å². The van der Waals surface area contributed by atoms with Crippen molar-refractivity contribution in [3.8, 4) is 0 Å². The van der Waals surface area contributed by atoms with Gasteiger partial charge >= 0.3 is 0 Å². The van der Waals surface area contributed by atoms with Gasteiger partial charge in [-0.2, -0.15) is 0 Å². The molecule has 0 saturated heterocycles. The summed E-state index contributed by atoms with van der Waals surface area (Å²) in [6.07, 6.45) is 1.49. The van der Waals surface area contributed by atoms with Crippen LogP contribution >= 0.6 is 38.9 Å². The lowest BCUT2D eigenvalue weighted by Crippen LogP contribution is -2.20. The predicted molar refractivity (Wildman–Crippen MR) is 111 cm³/mol. The van der Waals surface area contributed by atoms with Crippen LogP contribution in [0.2, 0.25) is 4.34 Å². The molecule has 0 aliphatic carbocycles. The molecule has 0 fully saturated rings. The van der Waals surface area contributed by atoms with Crippen LogP contribution < -0.4 is 10.2 Å². The standard InChI is InChI=1S/C19H22BrClN2OS/c1-19(2,3)10-18(24)22-15-8-12-6-7-23(16(12)9-14(15)20)11-13-4-5-17(21)25-13/h4-5,8-9H,6-7,10-11H2,1-3H3,(H,22,24). The van der Waals surface area contributed by atoms with Gasteiger partial charge in [0.15, 0.2) is 0 Å². The number of amides is 1.